The van der Waals surface area contributed by atoms with Crippen LogP contribution in [0.3, 0.4) is 0 Å². The lowest BCUT2D eigenvalue weighted by molar-refractivity contribution is -0.127. The van der Waals surface area contributed by atoms with Gasteiger partial charge >= 0.3 is 0 Å². The molecular weight excluding hydrogens is 354 g/mol. The fraction of sp³-hybridized carbons (Fsp3) is 0.250. The van der Waals surface area contributed by atoms with Crippen molar-refractivity contribution in [2.24, 2.45) is 0 Å². The van der Waals surface area contributed by atoms with Gasteiger partial charge in [0.2, 0.25) is 5.91 Å². The van der Waals surface area contributed by atoms with Crippen molar-refractivity contribution in [3.8, 4) is 0 Å². The van der Waals surface area contributed by atoms with Crippen molar-refractivity contribution >= 4 is 23.6 Å². The molecule has 4 heterocycles. The molecule has 0 aliphatic carbocycles. The van der Waals surface area contributed by atoms with Gasteiger partial charge < -0.3 is 15.2 Å². The molecule has 0 radical (unpaired) electrons. The summed E-state index contributed by atoms with van der Waals surface area (Å²) in [5, 5.41) is 3.24. The molecule has 2 N–H and O–H groups in total. The summed E-state index contributed by atoms with van der Waals surface area (Å²) in [4.78, 5) is 34.7. The van der Waals surface area contributed by atoms with Crippen molar-refractivity contribution in [3.05, 3.63) is 66.8 Å². The molecule has 3 aromatic heterocycles. The maximum absolute atomic E-state index is 12.6. The SMILES string of the molecule is O=C(/C=C/c1cnc[nH]1)N1CCCC(c2nccnc2Nc2ccccn2)C1. The van der Waals surface area contributed by atoms with Crippen LogP contribution in [-0.2, 0) is 4.79 Å². The molecule has 1 amide bonds. The van der Waals surface area contributed by atoms with Crippen molar-refractivity contribution in [1.29, 1.82) is 0 Å². The summed E-state index contributed by atoms with van der Waals surface area (Å²) in [6.45, 7) is 1.35. The Balaban J connectivity index is 1.48. The standard InChI is InChI=1S/C20H21N7O/c28-18(7-6-16-12-21-14-25-16)27-11-3-4-15(13-27)19-20(24-10-9-23-19)26-17-5-1-2-8-22-17/h1-2,5-10,12,14-15H,3-4,11,13H2,(H,21,25)(H,22,24,26)/b7-6+. The molecule has 1 fully saturated rings. The first-order valence-electron chi connectivity index (χ1n) is 9.24. The lowest BCUT2D eigenvalue weighted by Crippen LogP contribution is -2.38. The summed E-state index contributed by atoms with van der Waals surface area (Å²) in [7, 11) is 0. The largest absolute Gasteiger partial charge is 0.345 e. The number of amides is 1. The van der Waals surface area contributed by atoms with E-state index in [1.807, 2.05) is 23.1 Å². The zero-order chi connectivity index (χ0) is 19.2. The number of H-pyrrole nitrogens is 1. The van der Waals surface area contributed by atoms with E-state index in [9.17, 15) is 4.79 Å². The normalized spacial score (nSPS) is 17.0. The van der Waals surface area contributed by atoms with E-state index >= 15 is 0 Å². The Hall–Kier alpha value is -3.55. The van der Waals surface area contributed by atoms with Crippen molar-refractivity contribution in [2.45, 2.75) is 18.8 Å². The van der Waals surface area contributed by atoms with Crippen LogP contribution in [0.5, 0.6) is 0 Å². The smallest absolute Gasteiger partial charge is 0.246 e. The van der Waals surface area contributed by atoms with Gasteiger partial charge in [-0.2, -0.15) is 0 Å². The van der Waals surface area contributed by atoms with Gasteiger partial charge in [0.05, 0.1) is 23.9 Å². The second kappa shape index (κ2) is 8.43. The van der Waals surface area contributed by atoms with Crippen molar-refractivity contribution in [1.82, 2.24) is 29.8 Å². The van der Waals surface area contributed by atoms with Crippen LogP contribution in [0.15, 0.2) is 55.4 Å². The van der Waals surface area contributed by atoms with E-state index < -0.39 is 0 Å². The van der Waals surface area contributed by atoms with Crippen LogP contribution in [-0.4, -0.2) is 48.8 Å². The molecule has 0 aromatic carbocycles. The average molecular weight is 375 g/mol. The number of aromatic amines is 1. The highest BCUT2D eigenvalue weighted by atomic mass is 16.2. The number of rotatable bonds is 5. The Morgan fingerprint density at radius 1 is 1.21 bits per heavy atom. The van der Waals surface area contributed by atoms with Crippen molar-refractivity contribution in [2.75, 3.05) is 18.4 Å². The second-order valence-electron chi connectivity index (χ2n) is 6.59. The quantitative estimate of drug-likeness (QED) is 0.665. The summed E-state index contributed by atoms with van der Waals surface area (Å²) in [6, 6.07) is 5.66. The fourth-order valence-corrected chi connectivity index (χ4v) is 3.33. The Morgan fingerprint density at radius 3 is 2.96 bits per heavy atom. The fourth-order valence-electron chi connectivity index (χ4n) is 3.33. The summed E-state index contributed by atoms with van der Waals surface area (Å²) < 4.78 is 0. The van der Waals surface area contributed by atoms with Crippen LogP contribution >= 0.6 is 0 Å². The van der Waals surface area contributed by atoms with Crippen LogP contribution in [0.4, 0.5) is 11.6 Å². The number of imidazole rings is 1. The van der Waals surface area contributed by atoms with Crippen molar-refractivity contribution < 1.29 is 4.79 Å². The number of piperidine rings is 1. The number of aromatic nitrogens is 5. The number of nitrogens with zero attached hydrogens (tertiary/aromatic N) is 5. The van der Waals surface area contributed by atoms with E-state index in [0.29, 0.717) is 12.4 Å². The van der Waals surface area contributed by atoms with Crippen LogP contribution in [0, 0.1) is 0 Å². The van der Waals surface area contributed by atoms with Gasteiger partial charge in [0.25, 0.3) is 0 Å². The number of carbonyl (C=O) groups is 1. The second-order valence-corrected chi connectivity index (χ2v) is 6.59. The number of hydrogen-bond acceptors (Lipinski definition) is 6. The summed E-state index contributed by atoms with van der Waals surface area (Å²) in [6.07, 6.45) is 13.6. The minimum absolute atomic E-state index is 0.0116. The first-order chi connectivity index (χ1) is 13.8. The zero-order valence-electron chi connectivity index (χ0n) is 15.3. The highest BCUT2D eigenvalue weighted by molar-refractivity contribution is 5.91. The number of hydrogen-bond donors (Lipinski definition) is 2. The molecule has 4 rings (SSSR count). The first-order valence-corrected chi connectivity index (χ1v) is 9.24. The Bertz CT molecular complexity index is 940. The van der Waals surface area contributed by atoms with Gasteiger partial charge in [-0.25, -0.2) is 15.0 Å². The van der Waals surface area contributed by atoms with Gasteiger partial charge in [-0.05, 0) is 31.1 Å². The van der Waals surface area contributed by atoms with E-state index in [-0.39, 0.29) is 11.8 Å². The minimum Gasteiger partial charge on any atom is -0.345 e. The molecule has 3 aromatic rings. The van der Waals surface area contributed by atoms with E-state index in [1.54, 1.807) is 43.3 Å². The Labute approximate surface area is 162 Å². The van der Waals surface area contributed by atoms with Crippen LogP contribution in [0.2, 0.25) is 0 Å². The third-order valence-electron chi connectivity index (χ3n) is 4.68. The van der Waals surface area contributed by atoms with E-state index in [0.717, 1.165) is 36.6 Å². The van der Waals surface area contributed by atoms with Crippen LogP contribution in [0.25, 0.3) is 6.08 Å². The predicted molar refractivity (Wildman–Crippen MR) is 106 cm³/mol. The van der Waals surface area contributed by atoms with Gasteiger partial charge in [0, 0.05) is 43.7 Å². The summed E-state index contributed by atoms with van der Waals surface area (Å²) >= 11 is 0. The van der Waals surface area contributed by atoms with Gasteiger partial charge in [0.1, 0.15) is 5.82 Å². The number of nitrogens with one attached hydrogen (secondary N) is 2. The first kappa shape index (κ1) is 17.8. The molecule has 142 valence electrons. The van der Waals surface area contributed by atoms with E-state index in [2.05, 4.69) is 30.2 Å². The molecule has 1 unspecified atom stereocenters. The van der Waals surface area contributed by atoms with E-state index in [4.69, 9.17) is 0 Å². The molecule has 1 saturated heterocycles. The molecule has 28 heavy (non-hydrogen) atoms. The van der Waals surface area contributed by atoms with Gasteiger partial charge in [0.15, 0.2) is 5.82 Å². The molecule has 1 atom stereocenters. The molecule has 0 spiro atoms. The van der Waals surface area contributed by atoms with Gasteiger partial charge in [-0.15, -0.1) is 0 Å². The molecule has 8 heteroatoms. The van der Waals surface area contributed by atoms with Crippen LogP contribution in [0.1, 0.15) is 30.1 Å². The monoisotopic (exact) mass is 375 g/mol. The van der Waals surface area contributed by atoms with E-state index in [1.165, 1.54) is 0 Å². The zero-order valence-corrected chi connectivity index (χ0v) is 15.3. The molecule has 8 nitrogen and oxygen atoms in total. The van der Waals surface area contributed by atoms with Crippen molar-refractivity contribution in [3.63, 3.8) is 0 Å². The Kier molecular flexibility index (Phi) is 5.37. The molecule has 0 saturated carbocycles. The summed E-state index contributed by atoms with van der Waals surface area (Å²) in [5.74, 6) is 1.52. The average Bonchev–Trinajstić information content (AvgIpc) is 3.27. The maximum Gasteiger partial charge on any atom is 0.246 e. The number of pyridine rings is 1. The lowest BCUT2D eigenvalue weighted by atomic mass is 9.94. The minimum atomic E-state index is -0.0116. The number of carbonyl (C=O) groups excluding carboxylic acids is 1. The third kappa shape index (κ3) is 4.22. The molecular formula is C20H21N7O. The van der Waals surface area contributed by atoms with Gasteiger partial charge in [-0.3, -0.25) is 9.78 Å². The lowest BCUT2D eigenvalue weighted by Gasteiger charge is -2.32. The number of anilines is 2. The highest BCUT2D eigenvalue weighted by Gasteiger charge is 2.27. The predicted octanol–water partition coefficient (Wildman–Crippen LogP) is 2.76. The molecule has 0 bridgehead atoms. The summed E-state index contributed by atoms with van der Waals surface area (Å²) in [5.41, 5.74) is 1.67. The van der Waals surface area contributed by atoms with Gasteiger partial charge in [-0.1, -0.05) is 6.07 Å². The van der Waals surface area contributed by atoms with Crippen LogP contribution < -0.4 is 5.32 Å². The highest BCUT2D eigenvalue weighted by Crippen LogP contribution is 2.30. The Morgan fingerprint density at radius 2 is 2.14 bits per heavy atom. The molecule has 1 aliphatic rings. The topological polar surface area (TPSA) is 99.7 Å². The third-order valence-corrected chi connectivity index (χ3v) is 4.68. The maximum atomic E-state index is 12.6. The molecule has 1 aliphatic heterocycles. The number of likely N-dealkylation sites (tertiary alicyclic amines) is 1.